The highest BCUT2D eigenvalue weighted by Gasteiger charge is 2.39. The number of hydrogen-bond acceptors (Lipinski definition) is 3. The van der Waals surface area contributed by atoms with Gasteiger partial charge in [0.2, 0.25) is 0 Å². The maximum absolute atomic E-state index is 13.4. The van der Waals surface area contributed by atoms with Gasteiger partial charge in [-0.15, -0.1) is 24.0 Å². The number of aromatic nitrogens is 2. The van der Waals surface area contributed by atoms with Crippen LogP contribution in [-0.2, 0) is 17.2 Å². The fourth-order valence-corrected chi connectivity index (χ4v) is 4.25. The van der Waals surface area contributed by atoms with Crippen LogP contribution in [0.15, 0.2) is 41.7 Å². The Bertz CT molecular complexity index is 849. The third-order valence-corrected chi connectivity index (χ3v) is 6.10. The number of ether oxygens (including phenoxy) is 1. The second-order valence-corrected chi connectivity index (χ2v) is 8.06. The van der Waals surface area contributed by atoms with Crippen LogP contribution in [0.1, 0.15) is 43.4 Å². The van der Waals surface area contributed by atoms with Crippen molar-refractivity contribution in [3.63, 3.8) is 0 Å². The highest BCUT2D eigenvalue weighted by Crippen LogP contribution is 2.44. The molecule has 6 nitrogen and oxygen atoms in total. The van der Waals surface area contributed by atoms with Gasteiger partial charge in [-0.2, -0.15) is 5.10 Å². The van der Waals surface area contributed by atoms with Gasteiger partial charge in [-0.1, -0.05) is 18.6 Å². The number of rotatable bonds is 5. The lowest BCUT2D eigenvalue weighted by molar-refractivity contribution is -0.00810. The molecule has 2 fully saturated rings. The lowest BCUT2D eigenvalue weighted by Gasteiger charge is -2.42. The van der Waals surface area contributed by atoms with E-state index >= 15 is 0 Å². The summed E-state index contributed by atoms with van der Waals surface area (Å²) in [6.07, 6.45) is 7.28. The Balaban J connectivity index is 0.00000256. The van der Waals surface area contributed by atoms with Crippen molar-refractivity contribution >= 4 is 29.9 Å². The molecule has 0 amide bonds. The Kier molecular flexibility index (Phi) is 7.73. The van der Waals surface area contributed by atoms with E-state index in [1.165, 1.54) is 12.0 Å². The van der Waals surface area contributed by atoms with E-state index < -0.39 is 0 Å². The molecule has 30 heavy (non-hydrogen) atoms. The fourth-order valence-electron chi connectivity index (χ4n) is 4.25. The molecule has 1 aliphatic heterocycles. The molecule has 4 rings (SSSR count). The summed E-state index contributed by atoms with van der Waals surface area (Å²) in [6, 6.07) is 6.96. The Morgan fingerprint density at radius 1 is 1.33 bits per heavy atom. The van der Waals surface area contributed by atoms with Gasteiger partial charge in [0.25, 0.3) is 0 Å². The van der Waals surface area contributed by atoms with E-state index in [1.807, 2.05) is 31.6 Å². The Morgan fingerprint density at radius 3 is 2.70 bits per heavy atom. The SMILES string of the molecule is CCNC(=NCC1(c2ccc(F)cc2)CCC1)N1CCOC(c2cnn(C)c2)C1.I. The van der Waals surface area contributed by atoms with Gasteiger partial charge < -0.3 is 15.0 Å². The third kappa shape index (κ3) is 4.96. The normalized spacial score (nSPS) is 21.0. The zero-order valence-corrected chi connectivity index (χ0v) is 20.0. The number of halogens is 2. The summed E-state index contributed by atoms with van der Waals surface area (Å²) in [4.78, 5) is 7.30. The first-order chi connectivity index (χ1) is 14.1. The van der Waals surface area contributed by atoms with E-state index in [-0.39, 0.29) is 41.3 Å². The van der Waals surface area contributed by atoms with Crippen molar-refractivity contribution in [3.8, 4) is 0 Å². The van der Waals surface area contributed by atoms with Crippen molar-refractivity contribution < 1.29 is 9.13 Å². The molecule has 0 radical (unpaired) electrons. The molecule has 2 aromatic rings. The van der Waals surface area contributed by atoms with Crippen LogP contribution in [0.2, 0.25) is 0 Å². The summed E-state index contributed by atoms with van der Waals surface area (Å²) >= 11 is 0. The quantitative estimate of drug-likeness (QED) is 0.367. The fraction of sp³-hybridized carbons (Fsp3) is 0.545. The first-order valence-corrected chi connectivity index (χ1v) is 10.5. The molecule has 1 unspecified atom stereocenters. The number of hydrogen-bond donors (Lipinski definition) is 1. The molecule has 1 saturated heterocycles. The molecule has 1 aliphatic carbocycles. The van der Waals surface area contributed by atoms with Crippen LogP contribution in [0, 0.1) is 5.82 Å². The van der Waals surface area contributed by atoms with Crippen LogP contribution in [-0.4, -0.2) is 53.4 Å². The highest BCUT2D eigenvalue weighted by molar-refractivity contribution is 14.0. The molecular weight excluding hydrogens is 496 g/mol. The predicted molar refractivity (Wildman–Crippen MR) is 127 cm³/mol. The highest BCUT2D eigenvalue weighted by atomic mass is 127. The number of nitrogens with zero attached hydrogens (tertiary/aromatic N) is 4. The summed E-state index contributed by atoms with van der Waals surface area (Å²) in [7, 11) is 1.92. The summed E-state index contributed by atoms with van der Waals surface area (Å²) in [5.74, 6) is 0.743. The monoisotopic (exact) mass is 527 g/mol. The predicted octanol–water partition coefficient (Wildman–Crippen LogP) is 3.64. The van der Waals surface area contributed by atoms with E-state index in [1.54, 1.807) is 16.8 Å². The zero-order chi connectivity index (χ0) is 20.3. The molecule has 0 bridgehead atoms. The average molecular weight is 527 g/mol. The molecule has 1 aromatic carbocycles. The molecular formula is C22H31FIN5O. The second-order valence-electron chi connectivity index (χ2n) is 8.06. The van der Waals surface area contributed by atoms with Crippen LogP contribution in [0.25, 0.3) is 0 Å². The van der Waals surface area contributed by atoms with E-state index in [9.17, 15) is 4.39 Å². The Labute approximate surface area is 194 Å². The first-order valence-electron chi connectivity index (χ1n) is 10.5. The van der Waals surface area contributed by atoms with Crippen LogP contribution in [0.3, 0.4) is 0 Å². The number of benzene rings is 1. The minimum absolute atomic E-state index is 0. The molecule has 0 spiro atoms. The number of guanidine groups is 1. The van der Waals surface area contributed by atoms with Crippen LogP contribution in [0.5, 0.6) is 0 Å². The summed E-state index contributed by atoms with van der Waals surface area (Å²) < 4.78 is 21.2. The van der Waals surface area contributed by atoms with Gasteiger partial charge in [0.05, 0.1) is 25.9 Å². The first kappa shape index (κ1) is 23.0. The van der Waals surface area contributed by atoms with Gasteiger partial charge >= 0.3 is 0 Å². The van der Waals surface area contributed by atoms with Crippen molar-refractivity contribution in [1.82, 2.24) is 20.0 Å². The number of aryl methyl sites for hydroxylation is 1. The zero-order valence-electron chi connectivity index (χ0n) is 17.7. The summed E-state index contributed by atoms with van der Waals surface area (Å²) in [5, 5.41) is 7.72. The Morgan fingerprint density at radius 2 is 2.10 bits per heavy atom. The largest absolute Gasteiger partial charge is 0.370 e. The summed E-state index contributed by atoms with van der Waals surface area (Å²) in [6.45, 7) is 5.85. The van der Waals surface area contributed by atoms with Crippen LogP contribution >= 0.6 is 24.0 Å². The van der Waals surface area contributed by atoms with Crippen molar-refractivity contribution in [2.24, 2.45) is 12.0 Å². The molecule has 2 aliphatic rings. The number of aliphatic imine (C=N–C) groups is 1. The van der Waals surface area contributed by atoms with Crippen LogP contribution in [0.4, 0.5) is 4.39 Å². The molecule has 2 heterocycles. The van der Waals surface area contributed by atoms with Gasteiger partial charge in [-0.25, -0.2) is 4.39 Å². The molecule has 164 valence electrons. The van der Waals surface area contributed by atoms with E-state index in [0.717, 1.165) is 50.5 Å². The number of nitrogens with one attached hydrogen (secondary N) is 1. The van der Waals surface area contributed by atoms with Crippen molar-refractivity contribution in [1.29, 1.82) is 0 Å². The molecule has 8 heteroatoms. The minimum atomic E-state index is -0.185. The lowest BCUT2D eigenvalue weighted by Crippen LogP contribution is -2.49. The van der Waals surface area contributed by atoms with Crippen molar-refractivity contribution in [3.05, 3.63) is 53.6 Å². The van der Waals surface area contributed by atoms with Gasteiger partial charge in [0.15, 0.2) is 5.96 Å². The number of morpholine rings is 1. The van der Waals surface area contributed by atoms with Gasteiger partial charge in [0.1, 0.15) is 11.9 Å². The standard InChI is InChI=1S/C22H30FN5O.HI/c1-3-24-21(28-11-12-29-20(15-28)17-13-26-27(2)14-17)25-16-22(9-4-10-22)18-5-7-19(23)8-6-18;/h5-8,13-14,20H,3-4,9-12,15-16H2,1-2H3,(H,24,25);1H. The average Bonchev–Trinajstić information content (AvgIpc) is 3.14. The topological polar surface area (TPSA) is 54.7 Å². The van der Waals surface area contributed by atoms with Crippen molar-refractivity contribution in [2.45, 2.75) is 37.7 Å². The maximum Gasteiger partial charge on any atom is 0.194 e. The maximum atomic E-state index is 13.4. The van der Waals surface area contributed by atoms with E-state index in [2.05, 4.69) is 22.2 Å². The molecule has 1 aromatic heterocycles. The third-order valence-electron chi connectivity index (χ3n) is 6.10. The van der Waals surface area contributed by atoms with Crippen LogP contribution < -0.4 is 5.32 Å². The van der Waals surface area contributed by atoms with Crippen molar-refractivity contribution in [2.75, 3.05) is 32.8 Å². The molecule has 1 atom stereocenters. The molecule has 1 saturated carbocycles. The minimum Gasteiger partial charge on any atom is -0.370 e. The van der Waals surface area contributed by atoms with Gasteiger partial charge in [0, 0.05) is 37.3 Å². The van der Waals surface area contributed by atoms with E-state index in [4.69, 9.17) is 9.73 Å². The molecule has 1 N–H and O–H groups in total. The smallest absolute Gasteiger partial charge is 0.194 e. The van der Waals surface area contributed by atoms with Gasteiger partial charge in [-0.05, 0) is 37.5 Å². The Hall–Kier alpha value is -1.68. The van der Waals surface area contributed by atoms with Gasteiger partial charge in [-0.3, -0.25) is 9.67 Å². The summed E-state index contributed by atoms with van der Waals surface area (Å²) in [5.41, 5.74) is 2.32. The lowest BCUT2D eigenvalue weighted by atomic mass is 9.64. The second kappa shape index (κ2) is 10.1. The van der Waals surface area contributed by atoms with E-state index in [0.29, 0.717) is 6.61 Å².